The van der Waals surface area contributed by atoms with Crippen LogP contribution in [0.5, 0.6) is 5.75 Å². The van der Waals surface area contributed by atoms with Crippen molar-refractivity contribution in [2.45, 2.75) is 32.1 Å². The number of nitrogens with one attached hydrogen (secondary N) is 2. The van der Waals surface area contributed by atoms with E-state index in [0.29, 0.717) is 12.4 Å². The summed E-state index contributed by atoms with van der Waals surface area (Å²) in [4.78, 5) is 12.2. The summed E-state index contributed by atoms with van der Waals surface area (Å²) in [7, 11) is -3.66. The number of anilines is 1. The number of rotatable bonds is 8. The number of benzene rings is 2. The fourth-order valence-corrected chi connectivity index (χ4v) is 3.46. The first-order chi connectivity index (χ1) is 12.3. The van der Waals surface area contributed by atoms with Gasteiger partial charge in [0.05, 0.1) is 11.5 Å². The monoisotopic (exact) mass is 376 g/mol. The van der Waals surface area contributed by atoms with Crippen LogP contribution >= 0.6 is 0 Å². The number of amides is 1. The number of hydrogen-bond donors (Lipinski definition) is 2. The van der Waals surface area contributed by atoms with Gasteiger partial charge in [-0.05, 0) is 56.7 Å². The number of aryl methyl sites for hydroxylation is 2. The van der Waals surface area contributed by atoms with E-state index >= 15 is 0 Å². The third kappa shape index (κ3) is 5.57. The Bertz CT molecular complexity index is 862. The summed E-state index contributed by atoms with van der Waals surface area (Å²) in [6.07, 6.45) is 0.0452. The van der Waals surface area contributed by atoms with Gasteiger partial charge in [-0.25, -0.2) is 13.1 Å². The van der Waals surface area contributed by atoms with Crippen molar-refractivity contribution in [3.8, 4) is 5.75 Å². The molecule has 6 nitrogen and oxygen atoms in total. The van der Waals surface area contributed by atoms with Gasteiger partial charge in [0.2, 0.25) is 15.9 Å². The van der Waals surface area contributed by atoms with Crippen LogP contribution in [0.25, 0.3) is 0 Å². The first-order valence-electron chi connectivity index (χ1n) is 8.41. The quantitative estimate of drug-likeness (QED) is 0.742. The predicted octanol–water partition coefficient (Wildman–Crippen LogP) is 3.01. The third-order valence-corrected chi connectivity index (χ3v) is 5.22. The molecule has 0 aliphatic carbocycles. The lowest BCUT2D eigenvalue weighted by molar-refractivity contribution is -0.116. The highest BCUT2D eigenvalue weighted by molar-refractivity contribution is 7.89. The molecule has 0 radical (unpaired) electrons. The van der Waals surface area contributed by atoms with Crippen LogP contribution < -0.4 is 14.8 Å². The second kappa shape index (κ2) is 8.82. The van der Waals surface area contributed by atoms with Crippen LogP contribution in [0, 0.1) is 13.8 Å². The first kappa shape index (κ1) is 19.9. The van der Waals surface area contributed by atoms with Crippen LogP contribution in [-0.2, 0) is 14.8 Å². The van der Waals surface area contributed by atoms with Gasteiger partial charge in [0.1, 0.15) is 5.75 Å². The van der Waals surface area contributed by atoms with Crippen LogP contribution in [-0.4, -0.2) is 27.5 Å². The zero-order valence-corrected chi connectivity index (χ0v) is 16.0. The first-order valence-corrected chi connectivity index (χ1v) is 9.90. The van der Waals surface area contributed by atoms with Crippen molar-refractivity contribution < 1.29 is 17.9 Å². The van der Waals surface area contributed by atoms with Gasteiger partial charge in [-0.15, -0.1) is 0 Å². The molecule has 26 heavy (non-hydrogen) atoms. The van der Waals surface area contributed by atoms with Gasteiger partial charge in [-0.2, -0.15) is 0 Å². The molecule has 0 saturated carbocycles. The number of hydrogen-bond acceptors (Lipinski definition) is 4. The molecule has 0 aliphatic rings. The highest BCUT2D eigenvalue weighted by Gasteiger charge is 2.14. The molecule has 0 aromatic heterocycles. The van der Waals surface area contributed by atoms with E-state index in [1.165, 1.54) is 12.1 Å². The minimum absolute atomic E-state index is 0.0201. The van der Waals surface area contributed by atoms with Gasteiger partial charge in [0, 0.05) is 18.7 Å². The van der Waals surface area contributed by atoms with Gasteiger partial charge in [-0.3, -0.25) is 4.79 Å². The molecule has 1 amide bonds. The molecule has 0 aliphatic heterocycles. The van der Waals surface area contributed by atoms with Crippen molar-refractivity contribution in [3.05, 3.63) is 53.6 Å². The van der Waals surface area contributed by atoms with Crippen LogP contribution in [0.1, 0.15) is 24.5 Å². The van der Waals surface area contributed by atoms with E-state index in [1.807, 2.05) is 39.0 Å². The summed E-state index contributed by atoms with van der Waals surface area (Å²) >= 11 is 0. The van der Waals surface area contributed by atoms with Crippen molar-refractivity contribution in [2.24, 2.45) is 0 Å². The van der Waals surface area contributed by atoms with Gasteiger partial charge < -0.3 is 10.1 Å². The van der Waals surface area contributed by atoms with Crippen LogP contribution in [0.15, 0.2) is 47.4 Å². The van der Waals surface area contributed by atoms with Crippen molar-refractivity contribution in [1.82, 2.24) is 4.72 Å². The van der Waals surface area contributed by atoms with Crippen LogP contribution in [0.3, 0.4) is 0 Å². The summed E-state index contributed by atoms with van der Waals surface area (Å²) < 4.78 is 32.2. The maximum atomic E-state index is 12.2. The SMILES string of the molecule is CCOc1ccc(S(=O)(=O)NCCC(=O)Nc2ccc(C)cc2C)cc1. The van der Waals surface area contributed by atoms with Gasteiger partial charge in [0.15, 0.2) is 0 Å². The molecule has 0 bridgehead atoms. The Morgan fingerprint density at radius 3 is 2.38 bits per heavy atom. The van der Waals surface area contributed by atoms with E-state index in [4.69, 9.17) is 4.74 Å². The predicted molar refractivity (Wildman–Crippen MR) is 102 cm³/mol. The second-order valence-electron chi connectivity index (χ2n) is 5.92. The van der Waals surface area contributed by atoms with Gasteiger partial charge >= 0.3 is 0 Å². The number of ether oxygens (including phenoxy) is 1. The minimum atomic E-state index is -3.66. The highest BCUT2D eigenvalue weighted by Crippen LogP contribution is 2.17. The minimum Gasteiger partial charge on any atom is -0.494 e. The second-order valence-corrected chi connectivity index (χ2v) is 7.69. The average Bonchev–Trinajstić information content (AvgIpc) is 2.58. The van der Waals surface area contributed by atoms with E-state index in [9.17, 15) is 13.2 Å². The largest absolute Gasteiger partial charge is 0.494 e. The van der Waals surface area contributed by atoms with E-state index in [2.05, 4.69) is 10.0 Å². The summed E-state index contributed by atoms with van der Waals surface area (Å²) in [5.74, 6) is 0.366. The van der Waals surface area contributed by atoms with Crippen molar-refractivity contribution in [2.75, 3.05) is 18.5 Å². The highest BCUT2D eigenvalue weighted by atomic mass is 32.2. The fraction of sp³-hybridized carbons (Fsp3) is 0.316. The molecule has 0 heterocycles. The summed E-state index contributed by atoms with van der Waals surface area (Å²) in [5.41, 5.74) is 2.81. The molecule has 2 aromatic carbocycles. The van der Waals surface area contributed by atoms with E-state index in [-0.39, 0.29) is 23.8 Å². The maximum Gasteiger partial charge on any atom is 0.240 e. The third-order valence-electron chi connectivity index (χ3n) is 3.75. The lowest BCUT2D eigenvalue weighted by Crippen LogP contribution is -2.28. The molecule has 2 aromatic rings. The maximum absolute atomic E-state index is 12.2. The Hall–Kier alpha value is -2.38. The topological polar surface area (TPSA) is 84.5 Å². The van der Waals surface area contributed by atoms with Crippen LogP contribution in [0.4, 0.5) is 5.69 Å². The zero-order chi connectivity index (χ0) is 19.2. The molecular formula is C19H24N2O4S. The van der Waals surface area contributed by atoms with E-state index < -0.39 is 10.0 Å². The Morgan fingerprint density at radius 1 is 1.08 bits per heavy atom. The Balaban J connectivity index is 1.88. The molecular weight excluding hydrogens is 352 g/mol. The van der Waals surface area contributed by atoms with E-state index in [1.54, 1.807) is 12.1 Å². The Morgan fingerprint density at radius 2 is 1.77 bits per heavy atom. The molecule has 0 spiro atoms. The number of sulfonamides is 1. The molecule has 0 atom stereocenters. The van der Waals surface area contributed by atoms with E-state index in [0.717, 1.165) is 16.8 Å². The lowest BCUT2D eigenvalue weighted by atomic mass is 10.1. The number of carbonyl (C=O) groups is 1. The van der Waals surface area contributed by atoms with Crippen molar-refractivity contribution >= 4 is 21.6 Å². The van der Waals surface area contributed by atoms with Gasteiger partial charge in [0.25, 0.3) is 0 Å². The summed E-state index contributed by atoms with van der Waals surface area (Å²) in [6, 6.07) is 11.9. The molecule has 140 valence electrons. The molecule has 7 heteroatoms. The molecule has 2 rings (SSSR count). The standard InChI is InChI=1S/C19H24N2O4S/c1-4-25-16-6-8-17(9-7-16)26(23,24)20-12-11-19(22)21-18-10-5-14(2)13-15(18)3/h5-10,13,20H,4,11-12H2,1-3H3,(H,21,22). The fourth-order valence-electron chi connectivity index (χ4n) is 2.43. The zero-order valence-electron chi connectivity index (χ0n) is 15.2. The summed E-state index contributed by atoms with van der Waals surface area (Å²) in [5, 5.41) is 2.79. The summed E-state index contributed by atoms with van der Waals surface area (Å²) in [6.45, 7) is 6.28. The normalized spacial score (nSPS) is 11.2. The molecule has 0 saturated heterocycles. The Labute approximate surface area is 154 Å². The van der Waals surface area contributed by atoms with Crippen LogP contribution in [0.2, 0.25) is 0 Å². The molecule has 0 unspecified atom stereocenters. The number of carbonyl (C=O) groups excluding carboxylic acids is 1. The lowest BCUT2D eigenvalue weighted by Gasteiger charge is -2.10. The molecule has 0 fully saturated rings. The van der Waals surface area contributed by atoms with Gasteiger partial charge in [-0.1, -0.05) is 17.7 Å². The van der Waals surface area contributed by atoms with Crippen molar-refractivity contribution in [1.29, 1.82) is 0 Å². The average molecular weight is 376 g/mol. The smallest absolute Gasteiger partial charge is 0.240 e. The van der Waals surface area contributed by atoms with Crippen molar-refractivity contribution in [3.63, 3.8) is 0 Å². The Kier molecular flexibility index (Phi) is 6.76. The molecule has 2 N–H and O–H groups in total.